The molecule has 1 aliphatic rings. The van der Waals surface area contributed by atoms with Crippen LogP contribution in [-0.2, 0) is 21.2 Å². The third kappa shape index (κ3) is 4.61. The zero-order valence-corrected chi connectivity index (χ0v) is 15.5. The summed E-state index contributed by atoms with van der Waals surface area (Å²) in [6.07, 6.45) is 1.08. The van der Waals surface area contributed by atoms with E-state index in [1.807, 2.05) is 29.2 Å². The molecule has 2 heterocycles. The largest absolute Gasteiger partial charge is 0.497 e. The number of benzene rings is 1. The van der Waals surface area contributed by atoms with Crippen molar-refractivity contribution >= 4 is 15.7 Å². The van der Waals surface area contributed by atoms with Gasteiger partial charge in [-0.3, -0.25) is 0 Å². The zero-order chi connectivity index (χ0) is 18.6. The van der Waals surface area contributed by atoms with E-state index >= 15 is 0 Å². The summed E-state index contributed by atoms with van der Waals surface area (Å²) in [5, 5.41) is -0.244. The van der Waals surface area contributed by atoms with Gasteiger partial charge < -0.3 is 19.1 Å². The Kier molecular flexibility index (Phi) is 5.58. The normalized spacial score (nSPS) is 14.9. The maximum Gasteiger partial charge on any atom is 0.252 e. The molecule has 1 aliphatic heterocycles. The fraction of sp³-hybridized carbons (Fsp3) is 0.412. The first kappa shape index (κ1) is 18.4. The molecule has 0 radical (unpaired) electrons. The van der Waals surface area contributed by atoms with Crippen LogP contribution in [0.2, 0.25) is 0 Å². The third-order valence-electron chi connectivity index (χ3n) is 3.88. The summed E-state index contributed by atoms with van der Waals surface area (Å²) in [6.45, 7) is 2.67. The predicted molar refractivity (Wildman–Crippen MR) is 95.5 cm³/mol. The molecule has 0 amide bonds. The highest BCUT2D eigenvalue weighted by atomic mass is 32.2. The van der Waals surface area contributed by atoms with Gasteiger partial charge in [-0.15, -0.1) is 0 Å². The van der Waals surface area contributed by atoms with Crippen LogP contribution < -0.4 is 14.4 Å². The summed E-state index contributed by atoms with van der Waals surface area (Å²) in [4.78, 5) is 10.2. The van der Waals surface area contributed by atoms with Crippen LogP contribution in [0, 0.1) is 0 Å². The van der Waals surface area contributed by atoms with Gasteiger partial charge in [-0.2, -0.15) is 4.98 Å². The number of aromatic nitrogens is 2. The summed E-state index contributed by atoms with van der Waals surface area (Å²) in [7, 11) is -1.95. The summed E-state index contributed by atoms with van der Waals surface area (Å²) >= 11 is 0. The topological polar surface area (TPSA) is 90.9 Å². The summed E-state index contributed by atoms with van der Waals surface area (Å²) < 4.78 is 40.0. The Morgan fingerprint density at radius 1 is 1.15 bits per heavy atom. The Labute approximate surface area is 152 Å². The number of ether oxygens (including phenoxy) is 3. The van der Waals surface area contributed by atoms with Crippen LogP contribution in [0.4, 0.5) is 5.82 Å². The van der Waals surface area contributed by atoms with Gasteiger partial charge in [-0.1, -0.05) is 12.1 Å². The number of anilines is 1. The van der Waals surface area contributed by atoms with Crippen LogP contribution in [0.3, 0.4) is 0 Å². The minimum absolute atomic E-state index is 0.220. The Hall–Kier alpha value is -2.39. The van der Waals surface area contributed by atoms with Crippen molar-refractivity contribution in [1.82, 2.24) is 9.97 Å². The molecule has 0 unspecified atom stereocenters. The molecule has 0 saturated carbocycles. The van der Waals surface area contributed by atoms with E-state index in [-0.39, 0.29) is 17.6 Å². The lowest BCUT2D eigenvalue weighted by atomic mass is 10.2. The van der Waals surface area contributed by atoms with Crippen molar-refractivity contribution in [2.45, 2.75) is 11.8 Å². The fourth-order valence-corrected chi connectivity index (χ4v) is 2.98. The quantitative estimate of drug-likeness (QED) is 0.694. The minimum atomic E-state index is -3.56. The van der Waals surface area contributed by atoms with Gasteiger partial charge in [-0.05, 0) is 17.7 Å². The van der Waals surface area contributed by atoms with Gasteiger partial charge in [-0.25, -0.2) is 13.4 Å². The van der Waals surface area contributed by atoms with Gasteiger partial charge in [0.1, 0.15) is 18.2 Å². The van der Waals surface area contributed by atoms with Gasteiger partial charge in [0.05, 0.1) is 20.3 Å². The highest BCUT2D eigenvalue weighted by Crippen LogP contribution is 2.22. The van der Waals surface area contributed by atoms with Gasteiger partial charge in [0, 0.05) is 25.4 Å². The molecule has 2 aromatic rings. The van der Waals surface area contributed by atoms with Crippen LogP contribution in [-0.4, -0.2) is 58.1 Å². The Bertz CT molecular complexity index is 849. The molecule has 140 valence electrons. The van der Waals surface area contributed by atoms with E-state index in [0.717, 1.165) is 17.6 Å². The van der Waals surface area contributed by atoms with E-state index in [9.17, 15) is 8.42 Å². The van der Waals surface area contributed by atoms with Crippen molar-refractivity contribution < 1.29 is 22.6 Å². The molecule has 1 aromatic carbocycles. The molecule has 1 fully saturated rings. The standard InChI is InChI=1S/C17H21N3O5S/c1-23-14-5-3-13(4-6-14)12-25-16-11-15(20-7-9-24-10-8-20)18-17(19-16)26(2,21)22/h3-6,11H,7-10,12H2,1-2H3. The molecular formula is C17H21N3O5S. The van der Waals surface area contributed by atoms with E-state index in [2.05, 4.69) is 9.97 Å². The van der Waals surface area contributed by atoms with Crippen molar-refractivity contribution in [3.05, 3.63) is 35.9 Å². The monoisotopic (exact) mass is 379 g/mol. The second-order valence-corrected chi connectivity index (χ2v) is 7.76. The summed E-state index contributed by atoms with van der Waals surface area (Å²) in [5.41, 5.74) is 0.915. The van der Waals surface area contributed by atoms with Gasteiger partial charge in [0.2, 0.25) is 15.7 Å². The number of hydrogen-bond donors (Lipinski definition) is 0. The number of rotatable bonds is 6. The van der Waals surface area contributed by atoms with Crippen LogP contribution in [0.1, 0.15) is 5.56 Å². The molecule has 0 aliphatic carbocycles. The SMILES string of the molecule is COc1ccc(COc2cc(N3CCOCC3)nc(S(C)(=O)=O)n2)cc1. The highest BCUT2D eigenvalue weighted by molar-refractivity contribution is 7.90. The molecular weight excluding hydrogens is 358 g/mol. The second kappa shape index (κ2) is 7.88. The number of sulfone groups is 1. The van der Waals surface area contributed by atoms with E-state index in [1.165, 1.54) is 0 Å². The lowest BCUT2D eigenvalue weighted by molar-refractivity contribution is 0.122. The van der Waals surface area contributed by atoms with E-state index in [4.69, 9.17) is 14.2 Å². The predicted octanol–water partition coefficient (Wildman–Crippen LogP) is 1.30. The van der Waals surface area contributed by atoms with E-state index in [0.29, 0.717) is 32.1 Å². The van der Waals surface area contributed by atoms with Crippen molar-refractivity contribution in [3.8, 4) is 11.6 Å². The van der Waals surface area contributed by atoms with Crippen molar-refractivity contribution in [3.63, 3.8) is 0 Å². The minimum Gasteiger partial charge on any atom is -0.497 e. The van der Waals surface area contributed by atoms with Gasteiger partial charge in [0.15, 0.2) is 0 Å². The molecule has 0 atom stereocenters. The lowest BCUT2D eigenvalue weighted by Crippen LogP contribution is -2.37. The average Bonchev–Trinajstić information content (AvgIpc) is 2.66. The summed E-state index contributed by atoms with van der Waals surface area (Å²) in [5.74, 6) is 1.50. The average molecular weight is 379 g/mol. The van der Waals surface area contributed by atoms with Crippen LogP contribution in [0.25, 0.3) is 0 Å². The molecule has 1 aromatic heterocycles. The van der Waals surface area contributed by atoms with Gasteiger partial charge >= 0.3 is 0 Å². The Morgan fingerprint density at radius 2 is 1.85 bits per heavy atom. The Morgan fingerprint density at radius 3 is 2.46 bits per heavy atom. The first-order chi connectivity index (χ1) is 12.5. The number of hydrogen-bond acceptors (Lipinski definition) is 8. The zero-order valence-electron chi connectivity index (χ0n) is 14.7. The van der Waals surface area contributed by atoms with Crippen molar-refractivity contribution in [2.24, 2.45) is 0 Å². The molecule has 8 nitrogen and oxygen atoms in total. The second-order valence-electron chi connectivity index (χ2n) is 5.86. The number of morpholine rings is 1. The first-order valence-electron chi connectivity index (χ1n) is 8.13. The van der Waals surface area contributed by atoms with Crippen molar-refractivity contribution in [1.29, 1.82) is 0 Å². The lowest BCUT2D eigenvalue weighted by Gasteiger charge is -2.28. The van der Waals surface area contributed by atoms with Crippen LogP contribution in [0.15, 0.2) is 35.5 Å². The first-order valence-corrected chi connectivity index (χ1v) is 10.0. The maximum absolute atomic E-state index is 11.9. The smallest absolute Gasteiger partial charge is 0.252 e. The Balaban J connectivity index is 1.82. The highest BCUT2D eigenvalue weighted by Gasteiger charge is 2.19. The molecule has 0 N–H and O–H groups in total. The molecule has 1 saturated heterocycles. The van der Waals surface area contributed by atoms with Gasteiger partial charge in [0.25, 0.3) is 5.16 Å². The fourth-order valence-electron chi connectivity index (χ4n) is 2.47. The molecule has 9 heteroatoms. The maximum atomic E-state index is 11.9. The number of nitrogens with zero attached hydrogens (tertiary/aromatic N) is 3. The molecule has 0 bridgehead atoms. The van der Waals surface area contributed by atoms with Crippen molar-refractivity contribution in [2.75, 3.05) is 44.6 Å². The summed E-state index contributed by atoms with van der Waals surface area (Å²) in [6, 6.07) is 9.07. The molecule has 0 spiro atoms. The van der Waals surface area contributed by atoms with Crippen LogP contribution >= 0.6 is 0 Å². The number of methoxy groups -OCH3 is 1. The molecule has 26 heavy (non-hydrogen) atoms. The van der Waals surface area contributed by atoms with E-state index < -0.39 is 9.84 Å². The van der Waals surface area contributed by atoms with Crippen LogP contribution in [0.5, 0.6) is 11.6 Å². The third-order valence-corrected chi connectivity index (χ3v) is 4.73. The van der Waals surface area contributed by atoms with E-state index in [1.54, 1.807) is 13.2 Å². The molecule has 3 rings (SSSR count).